The van der Waals surface area contributed by atoms with Crippen LogP contribution in [0, 0.1) is 0 Å². The molecule has 0 aliphatic heterocycles. The highest BCUT2D eigenvalue weighted by Gasteiger charge is 2.20. The fraction of sp³-hybridized carbons (Fsp3) is 0.700. The second-order valence-corrected chi connectivity index (χ2v) is 7.01. The van der Waals surface area contributed by atoms with Gasteiger partial charge in [-0.2, -0.15) is 0 Å². The minimum atomic E-state index is -3.24. The van der Waals surface area contributed by atoms with Gasteiger partial charge in [-0.1, -0.05) is 20.8 Å². The van der Waals surface area contributed by atoms with E-state index in [1.54, 1.807) is 0 Å². The second-order valence-electron chi connectivity index (χ2n) is 5.18. The maximum atomic E-state index is 11.7. The van der Waals surface area contributed by atoms with Crippen LogP contribution in [0.4, 0.5) is 0 Å². The smallest absolute Gasteiger partial charge is 0.291 e. The topological polar surface area (TPSA) is 117 Å². The van der Waals surface area contributed by atoms with Crippen LogP contribution in [-0.2, 0) is 15.4 Å². The van der Waals surface area contributed by atoms with Crippen molar-refractivity contribution in [3.63, 3.8) is 0 Å². The number of aromatic amines is 1. The highest BCUT2D eigenvalue weighted by atomic mass is 32.2. The lowest BCUT2D eigenvalue weighted by Crippen LogP contribution is -2.34. The molecule has 9 heteroatoms. The molecule has 0 spiro atoms. The molecule has 1 heterocycles. The second kappa shape index (κ2) is 5.66. The van der Waals surface area contributed by atoms with Crippen LogP contribution >= 0.6 is 0 Å². The number of hydrogen-bond donors (Lipinski definition) is 3. The van der Waals surface area contributed by atoms with Crippen LogP contribution in [-0.4, -0.2) is 48.9 Å². The van der Waals surface area contributed by atoms with E-state index in [0.717, 1.165) is 6.26 Å². The van der Waals surface area contributed by atoms with Gasteiger partial charge in [0.15, 0.2) is 0 Å². The molecule has 0 unspecified atom stereocenters. The summed E-state index contributed by atoms with van der Waals surface area (Å²) in [6, 6.07) is 0. The van der Waals surface area contributed by atoms with Gasteiger partial charge in [0.1, 0.15) is 5.82 Å². The molecule has 108 valence electrons. The molecule has 0 atom stereocenters. The molecule has 8 nitrogen and oxygen atoms in total. The minimum Gasteiger partial charge on any atom is -0.348 e. The van der Waals surface area contributed by atoms with Gasteiger partial charge in [0.25, 0.3) is 5.91 Å². The molecular formula is C10H19N5O3S. The lowest BCUT2D eigenvalue weighted by molar-refractivity contribution is 0.0944. The molecule has 1 amide bonds. The summed E-state index contributed by atoms with van der Waals surface area (Å²) in [6.07, 6.45) is 1.06. The van der Waals surface area contributed by atoms with E-state index >= 15 is 0 Å². The van der Waals surface area contributed by atoms with Gasteiger partial charge in [-0.3, -0.25) is 9.89 Å². The Kier molecular flexibility index (Phi) is 4.64. The first-order valence-corrected chi connectivity index (χ1v) is 7.64. The van der Waals surface area contributed by atoms with Crippen LogP contribution in [0.5, 0.6) is 0 Å². The maximum Gasteiger partial charge on any atom is 0.291 e. The van der Waals surface area contributed by atoms with E-state index in [2.05, 4.69) is 25.2 Å². The highest BCUT2D eigenvalue weighted by Crippen LogP contribution is 2.17. The van der Waals surface area contributed by atoms with Crippen LogP contribution in [0.3, 0.4) is 0 Å². The number of carbonyl (C=O) groups is 1. The van der Waals surface area contributed by atoms with Gasteiger partial charge < -0.3 is 5.32 Å². The molecule has 1 aromatic heterocycles. The summed E-state index contributed by atoms with van der Waals surface area (Å²) < 4.78 is 23.9. The lowest BCUT2D eigenvalue weighted by Gasteiger charge is -2.12. The fourth-order valence-corrected chi connectivity index (χ4v) is 1.66. The third-order valence-electron chi connectivity index (χ3n) is 2.17. The van der Waals surface area contributed by atoms with Crippen molar-refractivity contribution in [3.05, 3.63) is 11.6 Å². The molecule has 0 aliphatic carbocycles. The third-order valence-corrected chi connectivity index (χ3v) is 2.90. The van der Waals surface area contributed by atoms with Crippen molar-refractivity contribution < 1.29 is 13.2 Å². The average Bonchev–Trinajstić information content (AvgIpc) is 2.71. The quantitative estimate of drug-likeness (QED) is 0.625. The standard InChI is InChI=1S/C10H19N5O3S/c1-10(2,3)9-13-7(14-15-9)8(16)11-5-6-12-19(4,17)18/h12H,5-6H2,1-4H3,(H,11,16)(H,13,14,15). The highest BCUT2D eigenvalue weighted by molar-refractivity contribution is 7.88. The predicted molar refractivity (Wildman–Crippen MR) is 70.3 cm³/mol. The molecule has 19 heavy (non-hydrogen) atoms. The van der Waals surface area contributed by atoms with Gasteiger partial charge >= 0.3 is 0 Å². The number of sulfonamides is 1. The first-order chi connectivity index (χ1) is 8.59. The van der Waals surface area contributed by atoms with Crippen LogP contribution in [0.1, 0.15) is 37.2 Å². The van der Waals surface area contributed by atoms with E-state index in [-0.39, 0.29) is 24.3 Å². The molecule has 0 saturated heterocycles. The van der Waals surface area contributed by atoms with E-state index in [0.29, 0.717) is 5.82 Å². The largest absolute Gasteiger partial charge is 0.348 e. The molecule has 3 N–H and O–H groups in total. The minimum absolute atomic E-state index is 0.0456. The van der Waals surface area contributed by atoms with Gasteiger partial charge in [-0.15, -0.1) is 5.10 Å². The summed E-state index contributed by atoms with van der Waals surface area (Å²) in [7, 11) is -3.24. The Balaban J connectivity index is 2.49. The van der Waals surface area contributed by atoms with Gasteiger partial charge in [-0.25, -0.2) is 18.1 Å². The van der Waals surface area contributed by atoms with Crippen molar-refractivity contribution in [1.82, 2.24) is 25.2 Å². The number of carbonyl (C=O) groups excluding carboxylic acids is 1. The third kappa shape index (κ3) is 5.35. The first-order valence-electron chi connectivity index (χ1n) is 5.75. The monoisotopic (exact) mass is 289 g/mol. The van der Waals surface area contributed by atoms with Crippen molar-refractivity contribution in [2.45, 2.75) is 26.2 Å². The number of nitrogens with one attached hydrogen (secondary N) is 3. The van der Waals surface area contributed by atoms with Crippen molar-refractivity contribution in [2.24, 2.45) is 0 Å². The average molecular weight is 289 g/mol. The lowest BCUT2D eigenvalue weighted by atomic mass is 9.96. The number of hydrogen-bond acceptors (Lipinski definition) is 5. The van der Waals surface area contributed by atoms with Crippen LogP contribution < -0.4 is 10.0 Å². The Morgan fingerprint density at radius 3 is 2.42 bits per heavy atom. The molecular weight excluding hydrogens is 270 g/mol. The summed E-state index contributed by atoms with van der Waals surface area (Å²) in [5.41, 5.74) is -0.219. The normalized spacial score (nSPS) is 12.4. The molecule has 0 aromatic carbocycles. The first kappa shape index (κ1) is 15.6. The number of rotatable bonds is 5. The van der Waals surface area contributed by atoms with Gasteiger partial charge in [0.05, 0.1) is 6.26 Å². The van der Waals surface area contributed by atoms with E-state index in [4.69, 9.17) is 0 Å². The summed E-state index contributed by atoms with van der Waals surface area (Å²) in [4.78, 5) is 15.8. The van der Waals surface area contributed by atoms with Crippen molar-refractivity contribution in [1.29, 1.82) is 0 Å². The number of amides is 1. The molecule has 0 saturated carbocycles. The Labute approximate surface area is 112 Å². The molecule has 1 rings (SSSR count). The fourth-order valence-electron chi connectivity index (χ4n) is 1.19. The van der Waals surface area contributed by atoms with Crippen LogP contribution in [0.2, 0.25) is 0 Å². The maximum absolute atomic E-state index is 11.7. The Hall–Kier alpha value is -1.48. The van der Waals surface area contributed by atoms with E-state index in [1.807, 2.05) is 20.8 Å². The molecule has 1 aromatic rings. The van der Waals surface area contributed by atoms with Crippen LogP contribution in [0.25, 0.3) is 0 Å². The zero-order valence-electron chi connectivity index (χ0n) is 11.4. The summed E-state index contributed by atoms with van der Waals surface area (Å²) in [6.45, 7) is 6.15. The SMILES string of the molecule is CC(C)(C)c1nc(C(=O)NCCNS(C)(=O)=O)n[nH]1. The van der Waals surface area contributed by atoms with Crippen molar-refractivity contribution in [3.8, 4) is 0 Å². The Morgan fingerprint density at radius 1 is 1.32 bits per heavy atom. The van der Waals surface area contributed by atoms with Crippen molar-refractivity contribution in [2.75, 3.05) is 19.3 Å². The van der Waals surface area contributed by atoms with E-state index in [1.165, 1.54) is 0 Å². The van der Waals surface area contributed by atoms with E-state index in [9.17, 15) is 13.2 Å². The predicted octanol–water partition coefficient (Wildman–Crippen LogP) is -0.619. The summed E-state index contributed by atoms with van der Waals surface area (Å²) >= 11 is 0. The Bertz CT molecular complexity index is 544. The zero-order valence-corrected chi connectivity index (χ0v) is 12.3. The van der Waals surface area contributed by atoms with E-state index < -0.39 is 15.9 Å². The zero-order chi connectivity index (χ0) is 14.7. The summed E-state index contributed by atoms with van der Waals surface area (Å²) in [5.74, 6) is 0.221. The van der Waals surface area contributed by atoms with Crippen LogP contribution in [0.15, 0.2) is 0 Å². The molecule has 0 aliphatic rings. The molecule has 0 fully saturated rings. The summed E-state index contributed by atoms with van der Waals surface area (Å²) in [5, 5.41) is 9.06. The molecule has 0 radical (unpaired) electrons. The number of aromatic nitrogens is 3. The molecule has 0 bridgehead atoms. The number of H-pyrrole nitrogens is 1. The van der Waals surface area contributed by atoms with Gasteiger partial charge in [0.2, 0.25) is 15.8 Å². The van der Waals surface area contributed by atoms with Crippen molar-refractivity contribution >= 4 is 15.9 Å². The Morgan fingerprint density at radius 2 is 1.95 bits per heavy atom. The number of nitrogens with zero attached hydrogens (tertiary/aromatic N) is 2. The van der Waals surface area contributed by atoms with Gasteiger partial charge in [0, 0.05) is 18.5 Å². The van der Waals surface area contributed by atoms with Gasteiger partial charge in [-0.05, 0) is 0 Å².